The monoisotopic (exact) mass is 239 g/mol. The average Bonchev–Trinajstić information content (AvgIpc) is 2.37. The molecule has 88 valence electrons. The van der Waals surface area contributed by atoms with Crippen LogP contribution in [0.5, 0.6) is 0 Å². The van der Waals surface area contributed by atoms with Crippen LogP contribution in [-0.4, -0.2) is 11.8 Å². The summed E-state index contributed by atoms with van der Waals surface area (Å²) in [5.41, 5.74) is 0.853. The largest absolute Gasteiger partial charge is 0.346 e. The third-order valence-electron chi connectivity index (χ3n) is 3.03. The first kappa shape index (κ1) is 13.0. The Bertz CT molecular complexity index is 333. The van der Waals surface area contributed by atoms with E-state index < -0.39 is 0 Å². The number of amides is 1. The van der Waals surface area contributed by atoms with Gasteiger partial charge in [-0.1, -0.05) is 44.2 Å². The first-order valence-corrected chi connectivity index (χ1v) is 6.14. The molecule has 0 heterocycles. The van der Waals surface area contributed by atoms with Crippen molar-refractivity contribution in [1.29, 1.82) is 0 Å². The second-order valence-electron chi connectivity index (χ2n) is 3.84. The summed E-state index contributed by atoms with van der Waals surface area (Å²) in [6, 6.07) is 10.0. The predicted octanol–water partition coefficient (Wildman–Crippen LogP) is 3.06. The van der Waals surface area contributed by atoms with Gasteiger partial charge in [0.25, 0.3) is 0 Å². The van der Waals surface area contributed by atoms with Crippen LogP contribution in [0.1, 0.15) is 32.3 Å². The van der Waals surface area contributed by atoms with Crippen LogP contribution >= 0.6 is 11.6 Å². The van der Waals surface area contributed by atoms with Crippen molar-refractivity contribution in [2.75, 3.05) is 5.88 Å². The summed E-state index contributed by atoms with van der Waals surface area (Å²) in [6.07, 6.45) is 1.71. The van der Waals surface area contributed by atoms with E-state index in [1.165, 1.54) is 0 Å². The Balaban J connectivity index is 3.01. The van der Waals surface area contributed by atoms with Gasteiger partial charge in [0.15, 0.2) is 0 Å². The van der Waals surface area contributed by atoms with Gasteiger partial charge in [-0.2, -0.15) is 0 Å². The molecule has 0 aromatic heterocycles. The quantitative estimate of drug-likeness (QED) is 0.787. The summed E-state index contributed by atoms with van der Waals surface area (Å²) in [6.45, 7) is 4.15. The number of nitrogens with one attached hydrogen (secondary N) is 1. The summed E-state index contributed by atoms with van der Waals surface area (Å²) in [4.78, 5) is 11.5. The molecule has 0 unspecified atom stereocenters. The minimum atomic E-state index is -0.284. The number of carbonyl (C=O) groups is 1. The van der Waals surface area contributed by atoms with Gasteiger partial charge in [-0.15, -0.1) is 11.6 Å². The summed E-state index contributed by atoms with van der Waals surface area (Å²) in [5, 5.41) is 3.02. The first-order chi connectivity index (χ1) is 7.68. The molecule has 0 atom stereocenters. The van der Waals surface area contributed by atoms with Crippen LogP contribution in [-0.2, 0) is 10.3 Å². The van der Waals surface area contributed by atoms with Crippen molar-refractivity contribution in [2.45, 2.75) is 32.2 Å². The highest BCUT2D eigenvalue weighted by Crippen LogP contribution is 2.28. The van der Waals surface area contributed by atoms with E-state index in [4.69, 9.17) is 11.6 Å². The van der Waals surface area contributed by atoms with E-state index in [9.17, 15) is 4.79 Å². The van der Waals surface area contributed by atoms with E-state index >= 15 is 0 Å². The van der Waals surface area contributed by atoms with Gasteiger partial charge in [0.2, 0.25) is 5.91 Å². The Morgan fingerprint density at radius 3 is 2.25 bits per heavy atom. The van der Waals surface area contributed by atoms with E-state index in [0.29, 0.717) is 0 Å². The maximum atomic E-state index is 11.5. The van der Waals surface area contributed by atoms with Gasteiger partial charge < -0.3 is 5.32 Å². The molecule has 3 heteroatoms. The van der Waals surface area contributed by atoms with Crippen LogP contribution in [0.4, 0.5) is 0 Å². The fraction of sp³-hybridized carbons (Fsp3) is 0.462. The third-order valence-corrected chi connectivity index (χ3v) is 3.28. The maximum Gasteiger partial charge on any atom is 0.235 e. The number of rotatable bonds is 5. The second kappa shape index (κ2) is 5.90. The first-order valence-electron chi connectivity index (χ1n) is 5.61. The lowest BCUT2D eigenvalue weighted by molar-refractivity contribution is -0.120. The fourth-order valence-corrected chi connectivity index (χ4v) is 2.03. The van der Waals surface area contributed by atoms with Crippen molar-refractivity contribution in [2.24, 2.45) is 0 Å². The topological polar surface area (TPSA) is 29.1 Å². The highest BCUT2D eigenvalue weighted by molar-refractivity contribution is 6.27. The van der Waals surface area contributed by atoms with E-state index in [-0.39, 0.29) is 17.3 Å². The van der Waals surface area contributed by atoms with Crippen molar-refractivity contribution in [3.8, 4) is 0 Å². The summed E-state index contributed by atoms with van der Waals surface area (Å²) in [7, 11) is 0. The predicted molar refractivity (Wildman–Crippen MR) is 67.6 cm³/mol. The number of hydrogen-bond donors (Lipinski definition) is 1. The van der Waals surface area contributed by atoms with Crippen molar-refractivity contribution >= 4 is 17.5 Å². The molecule has 0 saturated heterocycles. The number of benzene rings is 1. The summed E-state index contributed by atoms with van der Waals surface area (Å²) < 4.78 is 0. The van der Waals surface area contributed by atoms with Gasteiger partial charge in [0.1, 0.15) is 5.88 Å². The van der Waals surface area contributed by atoms with Gasteiger partial charge >= 0.3 is 0 Å². The van der Waals surface area contributed by atoms with Crippen LogP contribution in [0.25, 0.3) is 0 Å². The molecule has 0 saturated carbocycles. The van der Waals surface area contributed by atoms with Crippen LogP contribution in [0.3, 0.4) is 0 Å². The van der Waals surface area contributed by atoms with Crippen LogP contribution in [0.2, 0.25) is 0 Å². The highest BCUT2D eigenvalue weighted by atomic mass is 35.5. The molecular weight excluding hydrogens is 222 g/mol. The second-order valence-corrected chi connectivity index (χ2v) is 4.10. The number of hydrogen-bond acceptors (Lipinski definition) is 1. The smallest absolute Gasteiger partial charge is 0.235 e. The normalized spacial score (nSPS) is 11.2. The summed E-state index contributed by atoms with van der Waals surface area (Å²) >= 11 is 5.55. The molecule has 0 fully saturated rings. The Hall–Kier alpha value is -1.02. The Morgan fingerprint density at radius 1 is 1.25 bits per heavy atom. The van der Waals surface area contributed by atoms with E-state index in [1.807, 2.05) is 30.3 Å². The van der Waals surface area contributed by atoms with E-state index in [2.05, 4.69) is 19.2 Å². The van der Waals surface area contributed by atoms with Gasteiger partial charge in [-0.05, 0) is 18.4 Å². The van der Waals surface area contributed by atoms with Gasteiger partial charge in [-0.3, -0.25) is 4.79 Å². The molecular formula is C13H18ClNO. The molecule has 0 spiro atoms. The zero-order chi connectivity index (χ0) is 12.0. The zero-order valence-electron chi connectivity index (χ0n) is 9.79. The Morgan fingerprint density at radius 2 is 1.81 bits per heavy atom. The number of alkyl halides is 1. The maximum absolute atomic E-state index is 11.5. The molecule has 0 aliphatic carbocycles. The minimum Gasteiger partial charge on any atom is -0.346 e. The molecule has 1 rings (SSSR count). The Kier molecular flexibility index (Phi) is 4.81. The summed E-state index contributed by atoms with van der Waals surface area (Å²) in [5.74, 6) is -0.108. The minimum absolute atomic E-state index is 0.00852. The fourth-order valence-electron chi connectivity index (χ4n) is 1.96. The van der Waals surface area contributed by atoms with Crippen LogP contribution in [0, 0.1) is 0 Å². The molecule has 1 aromatic rings. The zero-order valence-corrected chi connectivity index (χ0v) is 10.6. The SMILES string of the molecule is CCC(CC)(NC(=O)CCl)c1ccccc1. The molecule has 0 aliphatic heterocycles. The Labute approximate surface area is 102 Å². The molecule has 1 aromatic carbocycles. The van der Waals surface area contributed by atoms with Crippen molar-refractivity contribution < 1.29 is 4.79 Å². The molecule has 0 bridgehead atoms. The molecule has 2 nitrogen and oxygen atoms in total. The lowest BCUT2D eigenvalue weighted by atomic mass is 9.84. The lowest BCUT2D eigenvalue weighted by Gasteiger charge is -2.33. The van der Waals surface area contributed by atoms with E-state index in [1.54, 1.807) is 0 Å². The molecule has 1 N–H and O–H groups in total. The van der Waals surface area contributed by atoms with Gasteiger partial charge in [-0.25, -0.2) is 0 Å². The third kappa shape index (κ3) is 2.76. The van der Waals surface area contributed by atoms with Crippen LogP contribution < -0.4 is 5.32 Å². The highest BCUT2D eigenvalue weighted by Gasteiger charge is 2.29. The molecule has 16 heavy (non-hydrogen) atoms. The van der Waals surface area contributed by atoms with E-state index in [0.717, 1.165) is 18.4 Å². The average molecular weight is 240 g/mol. The van der Waals surface area contributed by atoms with Crippen molar-refractivity contribution in [3.05, 3.63) is 35.9 Å². The standard InChI is InChI=1S/C13H18ClNO/c1-3-13(4-2,15-12(16)10-14)11-8-6-5-7-9-11/h5-9H,3-4,10H2,1-2H3,(H,15,16). The van der Waals surface area contributed by atoms with Gasteiger partial charge in [0.05, 0.1) is 5.54 Å². The number of carbonyl (C=O) groups excluding carboxylic acids is 1. The van der Waals surface area contributed by atoms with Crippen LogP contribution in [0.15, 0.2) is 30.3 Å². The molecule has 0 radical (unpaired) electrons. The lowest BCUT2D eigenvalue weighted by Crippen LogP contribution is -2.45. The molecule has 0 aliphatic rings. The van der Waals surface area contributed by atoms with Crippen molar-refractivity contribution in [1.82, 2.24) is 5.32 Å². The van der Waals surface area contributed by atoms with Gasteiger partial charge in [0, 0.05) is 0 Å². The van der Waals surface area contributed by atoms with Crippen molar-refractivity contribution in [3.63, 3.8) is 0 Å². The number of halogens is 1. The molecule has 1 amide bonds.